The van der Waals surface area contributed by atoms with Crippen LogP contribution < -0.4 is 10.2 Å². The van der Waals surface area contributed by atoms with Crippen LogP contribution in [-0.4, -0.2) is 24.6 Å². The van der Waals surface area contributed by atoms with Crippen LogP contribution in [0.3, 0.4) is 0 Å². The zero-order valence-electron chi connectivity index (χ0n) is 14.1. The molecule has 3 nitrogen and oxygen atoms in total. The lowest BCUT2D eigenvalue weighted by atomic mass is 10.2. The van der Waals surface area contributed by atoms with Gasteiger partial charge in [0.15, 0.2) is 0 Å². The maximum absolute atomic E-state index is 6.24. The molecule has 1 aliphatic rings. The second-order valence-corrected chi connectivity index (χ2v) is 7.52. The van der Waals surface area contributed by atoms with Crippen LogP contribution in [0.15, 0.2) is 46.3 Å². The highest BCUT2D eigenvalue weighted by Crippen LogP contribution is 2.47. The summed E-state index contributed by atoms with van der Waals surface area (Å²) in [4.78, 5) is 9.42. The number of anilines is 2. The summed E-state index contributed by atoms with van der Waals surface area (Å²) < 4.78 is 0. The number of fused-ring (bicyclic) bond motifs is 2. The summed E-state index contributed by atoms with van der Waals surface area (Å²) in [5, 5.41) is 4.25. The van der Waals surface area contributed by atoms with Gasteiger partial charge in [0.2, 0.25) is 0 Å². The molecule has 2 heterocycles. The highest BCUT2D eigenvalue weighted by Gasteiger charge is 2.24. The van der Waals surface area contributed by atoms with Crippen LogP contribution >= 0.6 is 23.4 Å². The first-order valence-corrected chi connectivity index (χ1v) is 9.89. The molecule has 0 fully saturated rings. The fourth-order valence-electron chi connectivity index (χ4n) is 2.91. The number of unbranched alkanes of at least 4 members (excludes halogenated alkanes) is 2. The fourth-order valence-corrected chi connectivity index (χ4v) is 4.12. The Kier molecular flexibility index (Phi) is 6.41. The molecule has 0 saturated heterocycles. The third-order valence-electron chi connectivity index (χ3n) is 4.10. The van der Waals surface area contributed by atoms with Gasteiger partial charge in [0.05, 0.1) is 10.6 Å². The monoisotopic (exact) mass is 361 g/mol. The molecule has 5 heteroatoms. The van der Waals surface area contributed by atoms with Gasteiger partial charge in [0.1, 0.15) is 5.82 Å². The van der Waals surface area contributed by atoms with Gasteiger partial charge in [0, 0.05) is 22.7 Å². The van der Waals surface area contributed by atoms with Crippen molar-refractivity contribution in [1.82, 2.24) is 10.3 Å². The van der Waals surface area contributed by atoms with E-state index in [4.69, 9.17) is 11.6 Å². The van der Waals surface area contributed by atoms with Gasteiger partial charge in [-0.25, -0.2) is 4.98 Å². The zero-order chi connectivity index (χ0) is 16.8. The third kappa shape index (κ3) is 4.24. The van der Waals surface area contributed by atoms with E-state index in [-0.39, 0.29) is 0 Å². The standard InChI is InChI=1S/C19H24ClN3S/c1-2-10-21-11-4-3-5-13-23-16-14-15(20)8-9-17(16)24-18-7-6-12-22-19(18)23/h6-9,12,14,21H,2-5,10-11,13H2,1H3. The number of rotatable bonds is 8. The number of halogens is 1. The van der Waals surface area contributed by atoms with Crippen molar-refractivity contribution in [2.75, 3.05) is 24.5 Å². The van der Waals surface area contributed by atoms with Crippen molar-refractivity contribution in [3.63, 3.8) is 0 Å². The van der Waals surface area contributed by atoms with Crippen molar-refractivity contribution in [2.45, 2.75) is 42.4 Å². The quantitative estimate of drug-likeness (QED) is 0.627. The first kappa shape index (κ1) is 17.6. The van der Waals surface area contributed by atoms with Crippen LogP contribution in [0.5, 0.6) is 0 Å². The van der Waals surface area contributed by atoms with Crippen molar-refractivity contribution in [3.05, 3.63) is 41.6 Å². The molecule has 0 radical (unpaired) electrons. The van der Waals surface area contributed by atoms with E-state index in [1.54, 1.807) is 11.8 Å². The van der Waals surface area contributed by atoms with Gasteiger partial charge in [0.25, 0.3) is 0 Å². The maximum Gasteiger partial charge on any atom is 0.147 e. The van der Waals surface area contributed by atoms with Crippen LogP contribution in [-0.2, 0) is 0 Å². The molecule has 1 aliphatic heterocycles. The highest BCUT2D eigenvalue weighted by molar-refractivity contribution is 7.99. The Balaban J connectivity index is 1.67. The number of hydrogen-bond donors (Lipinski definition) is 1. The van der Waals surface area contributed by atoms with E-state index < -0.39 is 0 Å². The van der Waals surface area contributed by atoms with Crippen molar-refractivity contribution < 1.29 is 0 Å². The summed E-state index contributed by atoms with van der Waals surface area (Å²) in [6.07, 6.45) is 6.67. The molecule has 0 unspecified atom stereocenters. The minimum atomic E-state index is 0.780. The molecule has 2 aromatic rings. The minimum Gasteiger partial charge on any atom is -0.324 e. The lowest BCUT2D eigenvalue weighted by molar-refractivity contribution is 0.599. The van der Waals surface area contributed by atoms with Crippen molar-refractivity contribution in [1.29, 1.82) is 0 Å². The molecule has 0 atom stereocenters. The third-order valence-corrected chi connectivity index (χ3v) is 5.44. The largest absolute Gasteiger partial charge is 0.324 e. The summed E-state index contributed by atoms with van der Waals surface area (Å²) in [5.41, 5.74) is 1.18. The molecular weight excluding hydrogens is 338 g/mol. The molecule has 3 rings (SSSR count). The Morgan fingerprint density at radius 3 is 2.92 bits per heavy atom. The Morgan fingerprint density at radius 1 is 1.12 bits per heavy atom. The van der Waals surface area contributed by atoms with E-state index in [9.17, 15) is 0 Å². The number of aromatic nitrogens is 1. The van der Waals surface area contributed by atoms with Crippen molar-refractivity contribution >= 4 is 34.9 Å². The Hall–Kier alpha value is -1.23. The summed E-state index contributed by atoms with van der Waals surface area (Å²) >= 11 is 8.01. The van der Waals surface area contributed by atoms with Gasteiger partial charge < -0.3 is 10.2 Å². The smallest absolute Gasteiger partial charge is 0.147 e. The van der Waals surface area contributed by atoms with Crippen molar-refractivity contribution in [2.24, 2.45) is 0 Å². The highest BCUT2D eigenvalue weighted by atomic mass is 35.5. The van der Waals surface area contributed by atoms with E-state index in [1.165, 1.54) is 34.7 Å². The number of nitrogens with one attached hydrogen (secondary N) is 1. The van der Waals surface area contributed by atoms with Gasteiger partial charge in [-0.3, -0.25) is 0 Å². The maximum atomic E-state index is 6.24. The lowest BCUT2D eigenvalue weighted by Gasteiger charge is -2.31. The van der Waals surface area contributed by atoms with Gasteiger partial charge in [-0.1, -0.05) is 36.7 Å². The van der Waals surface area contributed by atoms with Gasteiger partial charge in [-0.2, -0.15) is 0 Å². The van der Waals surface area contributed by atoms with Crippen LogP contribution in [0.25, 0.3) is 0 Å². The molecule has 0 bridgehead atoms. The van der Waals surface area contributed by atoms with Gasteiger partial charge >= 0.3 is 0 Å². The first-order chi connectivity index (χ1) is 11.8. The Labute approximate surface area is 153 Å². The molecule has 0 saturated carbocycles. The average molecular weight is 362 g/mol. The Morgan fingerprint density at radius 2 is 2.04 bits per heavy atom. The SMILES string of the molecule is CCCNCCCCCN1c2cc(Cl)ccc2Sc2cccnc21. The Bertz CT molecular complexity index is 677. The normalized spacial score (nSPS) is 12.8. The van der Waals surface area contributed by atoms with Gasteiger partial charge in [-0.05, 0) is 62.7 Å². The lowest BCUT2D eigenvalue weighted by Crippen LogP contribution is -2.23. The van der Waals surface area contributed by atoms with E-state index in [0.717, 1.165) is 36.9 Å². The summed E-state index contributed by atoms with van der Waals surface area (Å²) in [6.45, 7) is 5.41. The molecule has 1 N–H and O–H groups in total. The number of benzene rings is 1. The number of pyridine rings is 1. The van der Waals surface area contributed by atoms with Crippen molar-refractivity contribution in [3.8, 4) is 0 Å². The molecule has 128 valence electrons. The summed E-state index contributed by atoms with van der Waals surface area (Å²) in [6, 6.07) is 10.3. The summed E-state index contributed by atoms with van der Waals surface area (Å²) in [7, 11) is 0. The topological polar surface area (TPSA) is 28.2 Å². The summed E-state index contributed by atoms with van der Waals surface area (Å²) in [5.74, 6) is 1.06. The molecule has 1 aromatic carbocycles. The van der Waals surface area contributed by atoms with E-state index in [2.05, 4.69) is 40.3 Å². The van der Waals surface area contributed by atoms with E-state index in [0.29, 0.717) is 0 Å². The van der Waals surface area contributed by atoms with Crippen LogP contribution in [0.4, 0.5) is 11.5 Å². The molecular formula is C19H24ClN3S. The van der Waals surface area contributed by atoms with Crippen LogP contribution in [0.1, 0.15) is 32.6 Å². The van der Waals surface area contributed by atoms with E-state index >= 15 is 0 Å². The number of nitrogens with zero attached hydrogens (tertiary/aromatic N) is 2. The van der Waals surface area contributed by atoms with Gasteiger partial charge in [-0.15, -0.1) is 0 Å². The van der Waals surface area contributed by atoms with E-state index in [1.807, 2.05) is 18.3 Å². The minimum absolute atomic E-state index is 0.780. The molecule has 0 amide bonds. The zero-order valence-corrected chi connectivity index (χ0v) is 15.7. The molecule has 24 heavy (non-hydrogen) atoms. The predicted octanol–water partition coefficient (Wildman–Crippen LogP) is 5.51. The van der Waals surface area contributed by atoms with Crippen LogP contribution in [0, 0.1) is 0 Å². The predicted molar refractivity (Wildman–Crippen MR) is 104 cm³/mol. The first-order valence-electron chi connectivity index (χ1n) is 8.70. The second-order valence-electron chi connectivity index (χ2n) is 6.00. The average Bonchev–Trinajstić information content (AvgIpc) is 2.60. The number of hydrogen-bond acceptors (Lipinski definition) is 4. The van der Waals surface area contributed by atoms with Crippen LogP contribution in [0.2, 0.25) is 5.02 Å². The molecule has 0 aliphatic carbocycles. The second kappa shape index (κ2) is 8.75. The molecule has 0 spiro atoms. The molecule has 1 aromatic heterocycles. The fraction of sp³-hybridized carbons (Fsp3) is 0.421.